The molecule has 33 heteroatoms. The minimum absolute atomic E-state index is 0.0163. The summed E-state index contributed by atoms with van der Waals surface area (Å²) in [5.74, 6) is -16.1. The number of hydrogen-bond acceptors (Lipinski definition) is 27. The van der Waals surface area contributed by atoms with Gasteiger partial charge in [0.15, 0.2) is 0 Å². The number of nitrogens with zero attached hydrogens (tertiary/aromatic N) is 2. The lowest BCUT2D eigenvalue weighted by Gasteiger charge is -2.42. The van der Waals surface area contributed by atoms with Crippen LogP contribution in [0, 0.1) is 94.7 Å². The molecule has 31 nitrogen and oxygen atoms in total. The van der Waals surface area contributed by atoms with Crippen molar-refractivity contribution >= 4 is 78.2 Å². The average molecular weight is 2000 g/mol. The number of alkyl carbamates (subject to hydrolysis) is 1. The fourth-order valence-corrected chi connectivity index (χ4v) is 21.8. The third-order valence-corrected chi connectivity index (χ3v) is 31.0. The highest BCUT2D eigenvalue weighted by molar-refractivity contribution is 6.39. The van der Waals surface area contributed by atoms with Crippen molar-refractivity contribution in [2.24, 2.45) is 94.7 Å². The van der Waals surface area contributed by atoms with Gasteiger partial charge in [-0.2, -0.15) is 5.44 Å². The third-order valence-electron chi connectivity index (χ3n) is 31.0. The van der Waals surface area contributed by atoms with Crippen molar-refractivity contribution in [1.82, 2.24) is 25.8 Å². The molecule has 4 bridgehead atoms. The highest BCUT2D eigenvalue weighted by Gasteiger charge is 2.56. The Balaban J connectivity index is 0.000000388. The van der Waals surface area contributed by atoms with Gasteiger partial charge in [-0.25, -0.2) is 19.2 Å². The molecule has 6 fully saturated rings. The molecule has 1 radical (unpaired) electrons. The molecule has 2 unspecified atom stereocenters. The average Bonchev–Trinajstić information content (AvgIpc) is 0.778. The number of cyclic esters (lactones) is 2. The Morgan fingerprint density at radius 3 is 1.26 bits per heavy atom. The molecular weight excluding hydrogens is 1830 g/mol. The van der Waals surface area contributed by atoms with Crippen molar-refractivity contribution in [1.29, 1.82) is 0 Å². The van der Waals surface area contributed by atoms with Crippen LogP contribution in [0.3, 0.4) is 0 Å². The summed E-state index contributed by atoms with van der Waals surface area (Å²) in [5, 5.41) is 51.2. The van der Waals surface area contributed by atoms with E-state index in [0.29, 0.717) is 115 Å². The van der Waals surface area contributed by atoms with Crippen LogP contribution >= 0.6 is 0 Å². The van der Waals surface area contributed by atoms with Gasteiger partial charge in [0.05, 0.1) is 62.0 Å². The van der Waals surface area contributed by atoms with E-state index in [1.54, 1.807) is 81.8 Å². The number of amides is 4. The van der Waals surface area contributed by atoms with E-state index in [0.717, 1.165) is 43.3 Å². The highest BCUT2D eigenvalue weighted by Crippen LogP contribution is 2.43. The Labute approximate surface area is 845 Å². The SMILES string of the molecule is CNC(=O)OCCOC1CC[C@@H](C[C@@H](C)[C@@H]2CC(=O)[C@H](C)/C=C(\C)[C@@H](O)[C@@H](C)C(=O)[C@H](C)C[C@H](C)/C=C/C=C/C=C(\C)[C@@H](OC)C[C@@H]3CC[C@@H](C)[C@@](O)(O3)C(=O)C(=O)N3CCCC[C@H]3C(=O)O2)C[C@H]1C.[2H]N(F)[B]NC(=O)OCCOC1CC[C@@H](C[C@@H](C)[C@@H]2CC(=O)[C@H](C)/C=C(\C)[C@@H](O)[C@@H](C)C(=O)[C@H](C)C[C@H](C)/C=C/C=C/C=C(\C)[C@@H](OC)C[C@@H]3CC[C@@H](C)[C@@](O)(O3)C(=O)C(=O)N3CCCC[C@H]3C(=O)O2)C[C@H]1C. The van der Waals surface area contributed by atoms with Crippen molar-refractivity contribution in [2.75, 3.05) is 60.8 Å². The van der Waals surface area contributed by atoms with Crippen molar-refractivity contribution in [3.63, 3.8) is 0 Å². The maximum Gasteiger partial charge on any atom is 0.406 e. The minimum atomic E-state index is -2.45. The number of allylic oxidation sites excluding steroid dienone is 12. The van der Waals surface area contributed by atoms with Crippen molar-refractivity contribution in [2.45, 2.75) is 363 Å². The molecule has 142 heavy (non-hydrogen) atoms. The smallest absolute Gasteiger partial charge is 0.406 e. The molecule has 2 saturated carbocycles. The number of rotatable bonds is 18. The van der Waals surface area contributed by atoms with E-state index in [1.807, 2.05) is 121 Å². The standard InChI is InChI=1S/C55H86N2O13.C54H84BFN3O13/c1-33-17-13-12-14-18-34(2)47(66-11)31-43-22-20-40(8)55(65,70-43)51(61)52(62)57-24-16-15-19-44(57)53(63)69-48(32-45(58)35(3)28-39(7)50(60)41(9)49(59)38(6)27-33)37(5)30-42-21-23-46(36(4)29-42)67-25-26-68-54(64)56-10;1-32-16-12-11-13-17-33(2)46(68-10)30-42-21-19-39(8)54(67,72-42)50(63)51(64)59-23-15-14-18-43(59)52(65)71-47(31-44(60)34(3)27-38(7)49(62)40(9)48(61)37(6)26-32)36(5)29-41-20-22-45(35(4)28-41)69-24-25-70-53(66)57-55-58-56/h12-14,17-18,28,33,35-38,40-44,46-48,50,60,65H,15-16,19-27,29-32H2,1-11H3,(H,56,64);11-13,16-17,27,32,34-37,39-43,45-47,49,58,62,67H,14-15,18-26,28-31H2,1-10H3,(H,57,66)/b14-12+,17-13+,34-18+,39-28+;13-11+,16-12+,33-17+,38-27+/t33-,35-,36-,37-,38-,40-,41+,42-,43+,44+,46?,47+,48+,50-,55-;32-,34-,35-,36-,37-,39-,40+,41-,42+,43+,45?,46+,47+,49-,54-/m11/s1/i;58D. The number of halogens is 1. The number of nitrogens with one attached hydrogen (secondary N) is 3. The lowest BCUT2D eigenvalue weighted by Crippen LogP contribution is -2.61. The molecule has 6 aliphatic heterocycles. The van der Waals surface area contributed by atoms with E-state index >= 15 is 0 Å². The number of esters is 2. The molecule has 4 saturated heterocycles. The van der Waals surface area contributed by atoms with Crippen LogP contribution in [0.15, 0.2) is 95.2 Å². The number of hydrogen-bond donors (Lipinski definition) is 7. The topological polar surface area (TPSA) is 421 Å². The van der Waals surface area contributed by atoms with Gasteiger partial charge in [-0.3, -0.25) is 38.4 Å². The number of carbonyl (C=O) groups is 12. The molecule has 7 N–H and O–H groups in total. The summed E-state index contributed by atoms with van der Waals surface area (Å²) in [4.78, 5) is 168. The van der Waals surface area contributed by atoms with Crippen molar-refractivity contribution < 1.29 is 131 Å². The van der Waals surface area contributed by atoms with Crippen LogP contribution in [0.1, 0.15) is 279 Å². The second-order valence-electron chi connectivity index (χ2n) is 42.4. The first-order chi connectivity index (χ1) is 67.6. The first kappa shape index (κ1) is 119. The second-order valence-corrected chi connectivity index (χ2v) is 42.4. The predicted molar refractivity (Wildman–Crippen MR) is 536 cm³/mol. The quantitative estimate of drug-likeness (QED) is 0.0127. The molecule has 8 rings (SSSR count). The summed E-state index contributed by atoms with van der Waals surface area (Å²) in [6.07, 6.45) is 26.8. The van der Waals surface area contributed by atoms with E-state index < -0.39 is 161 Å². The van der Waals surface area contributed by atoms with E-state index in [1.165, 1.54) is 16.8 Å². The van der Waals surface area contributed by atoms with Crippen LogP contribution in [0.2, 0.25) is 1.41 Å². The number of Topliss-reactive ketones (excluding diaryl/α,β-unsaturated/α-hetero) is 6. The number of carbonyl (C=O) groups excluding carboxylic acids is 12. The Morgan fingerprint density at radius 1 is 0.507 bits per heavy atom. The maximum atomic E-state index is 14.5. The van der Waals surface area contributed by atoms with E-state index in [9.17, 15) is 82.4 Å². The Kier molecular flexibility index (Phi) is 49.5. The zero-order chi connectivity index (χ0) is 106. The number of ether oxygens (including phenoxy) is 10. The second kappa shape index (κ2) is 59.0. The number of aliphatic hydroxyl groups is 4. The van der Waals surface area contributed by atoms with Crippen LogP contribution in [-0.4, -0.2) is 254 Å². The van der Waals surface area contributed by atoms with Gasteiger partial charge in [0, 0.05) is 107 Å². The van der Waals surface area contributed by atoms with Crippen molar-refractivity contribution in [3.05, 3.63) is 95.2 Å². The predicted octanol–water partition coefficient (Wildman–Crippen LogP) is 15.0. The van der Waals surface area contributed by atoms with Gasteiger partial charge in [-0.1, -0.05) is 170 Å². The lowest BCUT2D eigenvalue weighted by atomic mass is 9.75. The fraction of sp³-hybridized carbons (Fsp3) is 0.743. The summed E-state index contributed by atoms with van der Waals surface area (Å²) >= 11 is 0. The first-order valence-corrected chi connectivity index (χ1v) is 52.2. The third kappa shape index (κ3) is 35.6. The summed E-state index contributed by atoms with van der Waals surface area (Å²) in [5.41, 5.74) is 2.18. The van der Waals surface area contributed by atoms with Crippen molar-refractivity contribution in [3.8, 4) is 0 Å². The first-order valence-electron chi connectivity index (χ1n) is 52.7. The molecule has 2 aliphatic carbocycles. The van der Waals surface area contributed by atoms with Crippen LogP contribution < -0.4 is 16.0 Å². The molecule has 0 spiro atoms. The van der Waals surface area contributed by atoms with Gasteiger partial charge in [0.1, 0.15) is 62.1 Å². The molecule has 6 heterocycles. The number of methoxy groups -OCH3 is 2. The lowest BCUT2D eigenvalue weighted by molar-refractivity contribution is -0.265. The molecule has 0 aromatic rings. The zero-order valence-corrected chi connectivity index (χ0v) is 88.4. The summed E-state index contributed by atoms with van der Waals surface area (Å²) < 4.78 is 78.1. The van der Waals surface area contributed by atoms with E-state index in [-0.39, 0.29) is 160 Å². The monoisotopic (exact) mass is 2000 g/mol. The molecule has 8 aliphatic rings. The number of aliphatic hydroxyl groups excluding tert-OH is 2. The Morgan fingerprint density at radius 2 is 0.894 bits per heavy atom. The van der Waals surface area contributed by atoms with Crippen LogP contribution in [-0.2, 0) is 95.3 Å². The fourth-order valence-electron chi connectivity index (χ4n) is 21.8. The summed E-state index contributed by atoms with van der Waals surface area (Å²) in [7, 11) is 5.15. The molecule has 0 aromatic heterocycles. The van der Waals surface area contributed by atoms with Gasteiger partial charge >= 0.3 is 31.7 Å². The van der Waals surface area contributed by atoms with Crippen LogP contribution in [0.4, 0.5) is 14.1 Å². The number of piperidine rings is 2. The van der Waals surface area contributed by atoms with Gasteiger partial charge in [-0.15, -0.1) is 4.48 Å². The highest BCUT2D eigenvalue weighted by atomic mass is 19.2. The van der Waals surface area contributed by atoms with Crippen LogP contribution in [0.25, 0.3) is 0 Å². The number of fused-ring (bicyclic) bond motifs is 6. The summed E-state index contributed by atoms with van der Waals surface area (Å²) in [6, 6.07) is -2.29. The molecule has 4 amide bonds. The van der Waals surface area contributed by atoms with E-state index in [2.05, 4.69) is 19.2 Å². The minimum Gasteiger partial charge on any atom is -0.460 e. The molecule has 0 aromatic carbocycles. The Hall–Kier alpha value is -8.09. The normalized spacial score (nSPS) is 38.0. The number of ketones is 6. The molecule has 30 atom stereocenters. The maximum absolute atomic E-state index is 14.5. The van der Waals surface area contributed by atoms with Gasteiger partial charge in [-0.05, 0) is 226 Å². The Bertz CT molecular complexity index is 4460. The van der Waals surface area contributed by atoms with Gasteiger partial charge < -0.3 is 88.1 Å². The molecular formula is C109H170BFN5O26. The van der Waals surface area contributed by atoms with Gasteiger partial charge in [0.2, 0.25) is 11.6 Å². The van der Waals surface area contributed by atoms with E-state index in [4.69, 9.17) is 48.8 Å². The zero-order valence-electron chi connectivity index (χ0n) is 89.4. The summed E-state index contributed by atoms with van der Waals surface area (Å²) in [6.45, 7) is 33.9. The van der Waals surface area contributed by atoms with Crippen LogP contribution in [0.5, 0.6) is 0 Å². The largest absolute Gasteiger partial charge is 0.460 e. The molecule has 797 valence electrons. The van der Waals surface area contributed by atoms with Gasteiger partial charge in [0.25, 0.3) is 23.4 Å².